The van der Waals surface area contributed by atoms with Gasteiger partial charge in [-0.3, -0.25) is 4.79 Å². The lowest BCUT2D eigenvalue weighted by molar-refractivity contribution is -0.147. The molecule has 0 saturated heterocycles. The largest absolute Gasteiger partial charge is 0.463 e. The van der Waals surface area contributed by atoms with Gasteiger partial charge in [-0.1, -0.05) is 71.6 Å². The van der Waals surface area contributed by atoms with Gasteiger partial charge in [-0.2, -0.15) is 8.42 Å². The number of hydrogen-bond donors (Lipinski definition) is 2. The van der Waals surface area contributed by atoms with Crippen LogP contribution in [0.3, 0.4) is 0 Å². The van der Waals surface area contributed by atoms with Crippen molar-refractivity contribution in [2.24, 2.45) is 5.92 Å². The van der Waals surface area contributed by atoms with E-state index in [9.17, 15) is 18.3 Å². The van der Waals surface area contributed by atoms with E-state index in [1.165, 1.54) is 44.9 Å². The first kappa shape index (κ1) is 29.3. The van der Waals surface area contributed by atoms with E-state index in [4.69, 9.17) is 4.74 Å². The van der Waals surface area contributed by atoms with Crippen molar-refractivity contribution in [1.29, 1.82) is 0 Å². The van der Waals surface area contributed by atoms with Gasteiger partial charge < -0.3 is 15.2 Å². The molecule has 0 aliphatic rings. The molecule has 30 heavy (non-hydrogen) atoms. The van der Waals surface area contributed by atoms with Crippen LogP contribution in [0.5, 0.6) is 0 Å². The van der Waals surface area contributed by atoms with Crippen LogP contribution >= 0.6 is 0 Å². The van der Waals surface area contributed by atoms with Gasteiger partial charge in [0.15, 0.2) is 0 Å². The molecule has 0 fully saturated rings. The number of aliphatic hydroxyl groups excluding tert-OH is 1. The van der Waals surface area contributed by atoms with Crippen molar-refractivity contribution < 1.29 is 31.4 Å². The van der Waals surface area contributed by atoms with Gasteiger partial charge in [0.05, 0.1) is 13.2 Å². The third-order valence-electron chi connectivity index (χ3n) is 4.95. The van der Waals surface area contributed by atoms with E-state index in [-0.39, 0.29) is 13.2 Å². The van der Waals surface area contributed by atoms with Gasteiger partial charge in [0.1, 0.15) is 12.7 Å². The van der Waals surface area contributed by atoms with Crippen LogP contribution in [0.15, 0.2) is 0 Å². The van der Waals surface area contributed by atoms with Crippen LogP contribution in [0.1, 0.15) is 84.5 Å². The third-order valence-corrected chi connectivity index (χ3v) is 5.83. The highest BCUT2D eigenvalue weighted by Gasteiger charge is 2.16. The fraction of sp³-hybridized carbons (Fsp3) is 0.952. The molecule has 0 amide bonds. The topological polar surface area (TPSA) is 111 Å². The number of carbonyl (C=O) groups excluding carboxylic acids is 1. The molecule has 0 bridgehead atoms. The molecule has 0 saturated carbocycles. The molecule has 0 aromatic rings. The first-order chi connectivity index (χ1) is 14.3. The molecule has 2 atom stereocenters. The second-order valence-electron chi connectivity index (χ2n) is 7.84. The SMILES string of the molecule is CCC(C)CCCCCCCCCCC(=O)OCC(O)COS(=O)(=O)OCCNC. The first-order valence-corrected chi connectivity index (χ1v) is 12.7. The molecule has 180 valence electrons. The quantitative estimate of drug-likeness (QED) is 0.201. The van der Waals surface area contributed by atoms with Crippen LogP contribution in [0, 0.1) is 5.92 Å². The molecule has 0 aliphatic heterocycles. The Morgan fingerprint density at radius 2 is 1.57 bits per heavy atom. The number of unbranched alkanes of at least 4 members (excludes halogenated alkanes) is 7. The number of hydrogen-bond acceptors (Lipinski definition) is 8. The molecule has 8 nitrogen and oxygen atoms in total. The summed E-state index contributed by atoms with van der Waals surface area (Å²) in [7, 11) is -2.51. The van der Waals surface area contributed by atoms with Crippen molar-refractivity contribution in [2.75, 3.05) is 33.4 Å². The van der Waals surface area contributed by atoms with E-state index >= 15 is 0 Å². The summed E-state index contributed by atoms with van der Waals surface area (Å²) in [6, 6.07) is 0. The summed E-state index contributed by atoms with van der Waals surface area (Å²) < 4.78 is 36.8. The van der Waals surface area contributed by atoms with Gasteiger partial charge in [0.2, 0.25) is 0 Å². The summed E-state index contributed by atoms with van der Waals surface area (Å²) in [5.74, 6) is 0.445. The van der Waals surface area contributed by atoms with Gasteiger partial charge in [-0.25, -0.2) is 8.37 Å². The zero-order valence-corrected chi connectivity index (χ0v) is 19.9. The highest BCUT2D eigenvalue weighted by atomic mass is 32.3. The minimum Gasteiger partial charge on any atom is -0.463 e. The van der Waals surface area contributed by atoms with E-state index in [2.05, 4.69) is 27.5 Å². The molecule has 0 radical (unpaired) electrons. The van der Waals surface area contributed by atoms with Crippen molar-refractivity contribution in [3.8, 4) is 0 Å². The van der Waals surface area contributed by atoms with Crippen molar-refractivity contribution in [1.82, 2.24) is 5.32 Å². The Kier molecular flexibility index (Phi) is 18.5. The van der Waals surface area contributed by atoms with Gasteiger partial charge in [0, 0.05) is 13.0 Å². The highest BCUT2D eigenvalue weighted by Crippen LogP contribution is 2.15. The summed E-state index contributed by atoms with van der Waals surface area (Å²) in [5.41, 5.74) is 0. The number of esters is 1. The Morgan fingerprint density at radius 3 is 2.17 bits per heavy atom. The van der Waals surface area contributed by atoms with Crippen LogP contribution in [-0.2, 0) is 28.3 Å². The second kappa shape index (κ2) is 19.0. The Balaban J connectivity index is 3.56. The van der Waals surface area contributed by atoms with Gasteiger partial charge in [-0.15, -0.1) is 0 Å². The van der Waals surface area contributed by atoms with E-state index in [0.29, 0.717) is 13.0 Å². The molecule has 2 unspecified atom stereocenters. The number of carbonyl (C=O) groups is 1. The monoisotopic (exact) mass is 453 g/mol. The number of aliphatic hydroxyl groups is 1. The summed E-state index contributed by atoms with van der Waals surface area (Å²) in [6.45, 7) is 4.01. The Hall–Kier alpha value is -0.740. The van der Waals surface area contributed by atoms with Crippen molar-refractivity contribution in [3.63, 3.8) is 0 Å². The van der Waals surface area contributed by atoms with Crippen molar-refractivity contribution in [3.05, 3.63) is 0 Å². The smallest absolute Gasteiger partial charge is 0.399 e. The first-order valence-electron chi connectivity index (χ1n) is 11.3. The average Bonchev–Trinajstić information content (AvgIpc) is 2.72. The van der Waals surface area contributed by atoms with Crippen LogP contribution in [0.4, 0.5) is 0 Å². The lowest BCUT2D eigenvalue weighted by Crippen LogP contribution is -2.27. The number of nitrogens with one attached hydrogen (secondary N) is 1. The lowest BCUT2D eigenvalue weighted by atomic mass is 9.99. The molecule has 0 heterocycles. The number of ether oxygens (including phenoxy) is 1. The predicted molar refractivity (Wildman–Crippen MR) is 117 cm³/mol. The summed E-state index contributed by atoms with van der Waals surface area (Å²) in [4.78, 5) is 11.7. The predicted octanol–water partition coefficient (Wildman–Crippen LogP) is 3.34. The Morgan fingerprint density at radius 1 is 0.967 bits per heavy atom. The zero-order valence-electron chi connectivity index (χ0n) is 19.1. The van der Waals surface area contributed by atoms with Crippen LogP contribution in [-0.4, -0.2) is 59.0 Å². The normalized spacial score (nSPS) is 13.9. The Bertz CT molecular complexity index is 513. The molecule has 0 aromatic heterocycles. The van der Waals surface area contributed by atoms with Crippen molar-refractivity contribution >= 4 is 16.4 Å². The highest BCUT2D eigenvalue weighted by molar-refractivity contribution is 7.81. The maximum atomic E-state index is 11.7. The number of rotatable bonds is 21. The van der Waals surface area contributed by atoms with Crippen molar-refractivity contribution in [2.45, 2.75) is 90.6 Å². The van der Waals surface area contributed by atoms with E-state index < -0.39 is 29.1 Å². The molecular weight excluding hydrogens is 410 g/mol. The molecule has 0 spiro atoms. The third kappa shape index (κ3) is 19.2. The second-order valence-corrected chi connectivity index (χ2v) is 9.12. The van der Waals surface area contributed by atoms with Gasteiger partial charge in [0.25, 0.3) is 0 Å². The minimum absolute atomic E-state index is 0.0673. The number of likely N-dealkylation sites (N-methyl/N-ethyl adjacent to an activating group) is 1. The molecular formula is C21H43NO7S. The summed E-state index contributed by atoms with van der Waals surface area (Å²) >= 11 is 0. The average molecular weight is 454 g/mol. The zero-order chi connectivity index (χ0) is 22.7. The minimum atomic E-state index is -4.16. The van der Waals surface area contributed by atoms with E-state index in [1.54, 1.807) is 7.05 Å². The standard InChI is InChI=1S/C21H43NO7S/c1-4-19(2)13-11-9-7-5-6-8-10-12-14-21(24)27-17-20(23)18-29-30(25,26)28-16-15-22-3/h19-20,22-23H,4-18H2,1-3H3. The fourth-order valence-corrected chi connectivity index (χ4v) is 3.46. The maximum Gasteiger partial charge on any atom is 0.399 e. The van der Waals surface area contributed by atoms with Gasteiger partial charge in [-0.05, 0) is 19.4 Å². The molecule has 0 rings (SSSR count). The molecule has 0 aromatic carbocycles. The maximum absolute atomic E-state index is 11.7. The Labute approximate surface area is 183 Å². The van der Waals surface area contributed by atoms with Crippen LogP contribution < -0.4 is 5.32 Å². The molecule has 2 N–H and O–H groups in total. The lowest BCUT2D eigenvalue weighted by Gasteiger charge is -2.12. The van der Waals surface area contributed by atoms with Crippen LogP contribution in [0.25, 0.3) is 0 Å². The summed E-state index contributed by atoms with van der Waals surface area (Å²) in [6.07, 6.45) is 10.9. The van der Waals surface area contributed by atoms with Crippen LogP contribution in [0.2, 0.25) is 0 Å². The molecule has 0 aliphatic carbocycles. The van der Waals surface area contributed by atoms with Gasteiger partial charge >= 0.3 is 16.4 Å². The molecule has 9 heteroatoms. The summed E-state index contributed by atoms with van der Waals surface area (Å²) in [5, 5.41) is 12.4. The van der Waals surface area contributed by atoms with E-state index in [1.807, 2.05) is 0 Å². The fourth-order valence-electron chi connectivity index (χ4n) is 2.78. The van der Waals surface area contributed by atoms with E-state index in [0.717, 1.165) is 25.2 Å².